The molecule has 2 atom stereocenters. The van der Waals surface area contributed by atoms with Gasteiger partial charge in [-0.1, -0.05) is 0 Å². The fraction of sp³-hybridized carbons (Fsp3) is 0.833. The van der Waals surface area contributed by atoms with E-state index < -0.39 is 11.4 Å². The Morgan fingerprint density at radius 1 is 1.47 bits per heavy atom. The van der Waals surface area contributed by atoms with Gasteiger partial charge in [0, 0.05) is 18.9 Å². The molecule has 0 amide bonds. The topological polar surface area (TPSA) is 61.8 Å². The molecule has 2 heterocycles. The molecule has 2 rings (SSSR count). The van der Waals surface area contributed by atoms with Gasteiger partial charge in [-0.05, 0) is 13.3 Å². The van der Waals surface area contributed by atoms with Crippen molar-refractivity contribution in [1.82, 2.24) is 0 Å². The Bertz CT molecular complexity index is 308. The maximum absolute atomic E-state index is 12.2. The number of carbonyl (C=O) groups excluding carboxylic acids is 2. The molecule has 0 aromatic heterocycles. The van der Waals surface area contributed by atoms with Crippen molar-refractivity contribution in [3.05, 3.63) is 0 Å². The van der Waals surface area contributed by atoms with Crippen molar-refractivity contribution in [2.45, 2.75) is 19.8 Å². The normalized spacial score (nSPS) is 33.7. The number of hydrogen-bond donors (Lipinski definition) is 0. The quantitative estimate of drug-likeness (QED) is 0.534. The highest BCUT2D eigenvalue weighted by atomic mass is 16.5. The molecule has 0 aliphatic carbocycles. The molecule has 0 aromatic rings. The van der Waals surface area contributed by atoms with Crippen LogP contribution in [0.4, 0.5) is 0 Å². The van der Waals surface area contributed by atoms with Crippen LogP contribution in [0, 0.1) is 11.3 Å². The average molecular weight is 242 g/mol. The zero-order valence-electron chi connectivity index (χ0n) is 10.1. The van der Waals surface area contributed by atoms with Crippen LogP contribution >= 0.6 is 0 Å². The van der Waals surface area contributed by atoms with Gasteiger partial charge in [0.25, 0.3) is 0 Å². The van der Waals surface area contributed by atoms with E-state index in [-0.39, 0.29) is 31.3 Å². The lowest BCUT2D eigenvalue weighted by molar-refractivity contribution is -0.174. The van der Waals surface area contributed by atoms with E-state index in [1.807, 2.05) is 0 Å². The standard InChI is InChI=1S/C12H18O5/c1-2-17-11(14)12(9-3-5-15-7-9)8-16-6-4-10(12)13/h9H,2-8H2,1H3. The van der Waals surface area contributed by atoms with Crippen molar-refractivity contribution >= 4 is 11.8 Å². The lowest BCUT2D eigenvalue weighted by atomic mass is 9.70. The molecule has 2 aliphatic heterocycles. The summed E-state index contributed by atoms with van der Waals surface area (Å²) in [5.74, 6) is -0.604. The van der Waals surface area contributed by atoms with Gasteiger partial charge in [0.15, 0.2) is 11.2 Å². The fourth-order valence-corrected chi connectivity index (χ4v) is 2.57. The van der Waals surface area contributed by atoms with E-state index in [4.69, 9.17) is 14.2 Å². The zero-order chi connectivity index (χ0) is 12.3. The molecule has 2 unspecified atom stereocenters. The van der Waals surface area contributed by atoms with Crippen molar-refractivity contribution < 1.29 is 23.8 Å². The van der Waals surface area contributed by atoms with Gasteiger partial charge in [-0.25, -0.2) is 0 Å². The van der Waals surface area contributed by atoms with Gasteiger partial charge >= 0.3 is 5.97 Å². The van der Waals surface area contributed by atoms with Crippen LogP contribution in [0.1, 0.15) is 19.8 Å². The third-order valence-electron chi connectivity index (χ3n) is 3.57. The van der Waals surface area contributed by atoms with Gasteiger partial charge in [-0.15, -0.1) is 0 Å². The molecule has 96 valence electrons. The van der Waals surface area contributed by atoms with Crippen LogP contribution in [-0.2, 0) is 23.8 Å². The highest BCUT2D eigenvalue weighted by Crippen LogP contribution is 2.39. The largest absolute Gasteiger partial charge is 0.465 e. The van der Waals surface area contributed by atoms with E-state index in [0.29, 0.717) is 26.2 Å². The van der Waals surface area contributed by atoms with E-state index >= 15 is 0 Å². The number of hydrogen-bond acceptors (Lipinski definition) is 5. The summed E-state index contributed by atoms with van der Waals surface area (Å²) in [5, 5.41) is 0. The number of carbonyl (C=O) groups is 2. The first-order valence-corrected chi connectivity index (χ1v) is 6.08. The molecule has 0 radical (unpaired) electrons. The summed E-state index contributed by atoms with van der Waals surface area (Å²) in [6.07, 6.45) is 1.00. The minimum absolute atomic E-state index is 0.0577. The second-order valence-electron chi connectivity index (χ2n) is 4.48. The lowest BCUT2D eigenvalue weighted by Crippen LogP contribution is -2.53. The van der Waals surface area contributed by atoms with Gasteiger partial charge in [-0.3, -0.25) is 9.59 Å². The van der Waals surface area contributed by atoms with Gasteiger partial charge in [0.05, 0.1) is 26.4 Å². The van der Waals surface area contributed by atoms with Crippen LogP contribution in [0.5, 0.6) is 0 Å². The molecule has 0 spiro atoms. The Balaban J connectivity index is 2.26. The summed E-state index contributed by atoms with van der Waals surface area (Å²) in [4.78, 5) is 24.3. The zero-order valence-corrected chi connectivity index (χ0v) is 10.1. The molecule has 0 bridgehead atoms. The molecule has 5 nitrogen and oxygen atoms in total. The lowest BCUT2D eigenvalue weighted by Gasteiger charge is -2.37. The number of ketones is 1. The van der Waals surface area contributed by atoms with E-state index in [2.05, 4.69) is 0 Å². The molecule has 17 heavy (non-hydrogen) atoms. The van der Waals surface area contributed by atoms with Gasteiger partial charge < -0.3 is 14.2 Å². The number of rotatable bonds is 3. The highest BCUT2D eigenvalue weighted by molar-refractivity contribution is 6.05. The molecular weight excluding hydrogens is 224 g/mol. The molecule has 0 saturated carbocycles. The van der Waals surface area contributed by atoms with Crippen molar-refractivity contribution in [3.8, 4) is 0 Å². The summed E-state index contributed by atoms with van der Waals surface area (Å²) in [6.45, 7) is 3.59. The van der Waals surface area contributed by atoms with Crippen LogP contribution in [0.3, 0.4) is 0 Å². The number of esters is 1. The molecule has 5 heteroatoms. The summed E-state index contributed by atoms with van der Waals surface area (Å²) >= 11 is 0. The van der Waals surface area contributed by atoms with Crippen molar-refractivity contribution in [2.75, 3.05) is 33.0 Å². The SMILES string of the molecule is CCOC(=O)C1(C2CCOC2)COCCC1=O. The third kappa shape index (κ3) is 2.09. The van der Waals surface area contributed by atoms with Crippen molar-refractivity contribution in [1.29, 1.82) is 0 Å². The molecule has 2 saturated heterocycles. The van der Waals surface area contributed by atoms with Crippen molar-refractivity contribution in [2.24, 2.45) is 11.3 Å². The van der Waals surface area contributed by atoms with Gasteiger partial charge in [0.2, 0.25) is 0 Å². The fourth-order valence-electron chi connectivity index (χ4n) is 2.57. The Kier molecular flexibility index (Phi) is 3.79. The number of ether oxygens (including phenoxy) is 3. The second-order valence-corrected chi connectivity index (χ2v) is 4.48. The van der Waals surface area contributed by atoms with E-state index in [1.54, 1.807) is 6.92 Å². The van der Waals surface area contributed by atoms with Crippen LogP contribution in [0.15, 0.2) is 0 Å². The molecule has 0 aromatic carbocycles. The van der Waals surface area contributed by atoms with Gasteiger partial charge in [-0.2, -0.15) is 0 Å². The monoisotopic (exact) mass is 242 g/mol. The van der Waals surface area contributed by atoms with E-state index in [1.165, 1.54) is 0 Å². The van der Waals surface area contributed by atoms with E-state index in [0.717, 1.165) is 0 Å². The van der Waals surface area contributed by atoms with Crippen LogP contribution < -0.4 is 0 Å². The maximum Gasteiger partial charge on any atom is 0.322 e. The smallest absolute Gasteiger partial charge is 0.322 e. The summed E-state index contributed by atoms with van der Waals surface area (Å²) in [5.41, 5.74) is -1.12. The maximum atomic E-state index is 12.2. The first-order valence-electron chi connectivity index (χ1n) is 6.08. The van der Waals surface area contributed by atoms with E-state index in [9.17, 15) is 9.59 Å². The average Bonchev–Trinajstić information content (AvgIpc) is 2.84. The first-order chi connectivity index (χ1) is 8.21. The molecule has 2 aliphatic rings. The van der Waals surface area contributed by atoms with Crippen molar-refractivity contribution in [3.63, 3.8) is 0 Å². The van der Waals surface area contributed by atoms with Gasteiger partial charge in [0.1, 0.15) is 0 Å². The Morgan fingerprint density at radius 2 is 2.29 bits per heavy atom. The molecule has 2 fully saturated rings. The molecular formula is C12H18O5. The Hall–Kier alpha value is -0.940. The second kappa shape index (κ2) is 5.14. The predicted octanol–water partition coefficient (Wildman–Crippen LogP) is 0.562. The Labute approximate surface area is 100 Å². The minimum atomic E-state index is -1.12. The summed E-state index contributed by atoms with van der Waals surface area (Å²) in [7, 11) is 0. The first kappa shape index (κ1) is 12.5. The predicted molar refractivity (Wildman–Crippen MR) is 58.4 cm³/mol. The van der Waals surface area contributed by atoms with Crippen LogP contribution in [-0.4, -0.2) is 44.8 Å². The minimum Gasteiger partial charge on any atom is -0.465 e. The molecule has 0 N–H and O–H groups in total. The Morgan fingerprint density at radius 3 is 2.88 bits per heavy atom. The highest BCUT2D eigenvalue weighted by Gasteiger charge is 2.55. The third-order valence-corrected chi connectivity index (χ3v) is 3.57. The van der Waals surface area contributed by atoms with Crippen LogP contribution in [0.25, 0.3) is 0 Å². The number of Topliss-reactive ketones (excluding diaryl/α,β-unsaturated/α-hetero) is 1. The summed E-state index contributed by atoms with van der Waals surface area (Å²) in [6, 6.07) is 0. The van der Waals surface area contributed by atoms with Crippen LogP contribution in [0.2, 0.25) is 0 Å². The summed E-state index contributed by atoms with van der Waals surface area (Å²) < 4.78 is 15.7.